The van der Waals surface area contributed by atoms with Crippen LogP contribution in [0, 0.1) is 5.92 Å². The molecular formula is C17H18N4O5. The number of fused-ring (bicyclic) bond motifs is 1. The van der Waals surface area contributed by atoms with Crippen LogP contribution in [0.25, 0.3) is 0 Å². The molecule has 26 heavy (non-hydrogen) atoms. The fraction of sp³-hybridized carbons (Fsp3) is 0.294. The number of ether oxygens (including phenoxy) is 2. The second kappa shape index (κ2) is 7.06. The first-order valence-electron chi connectivity index (χ1n) is 8.24. The summed E-state index contributed by atoms with van der Waals surface area (Å²) in [7, 11) is 0. The number of nitrogens with one attached hydrogen (secondary N) is 4. The van der Waals surface area contributed by atoms with Crippen molar-refractivity contribution in [3.05, 3.63) is 47.9 Å². The van der Waals surface area contributed by atoms with Crippen LogP contribution in [0.3, 0.4) is 0 Å². The van der Waals surface area contributed by atoms with E-state index in [2.05, 4.69) is 21.7 Å². The predicted octanol–water partition coefficient (Wildman–Crippen LogP) is 0.277. The molecule has 2 aliphatic heterocycles. The molecular weight excluding hydrogens is 340 g/mol. The SMILES string of the molecule is O=C(NNC(=O)C1CNNC1c1ccc2c(c1)OCCO2)c1ccco1. The minimum atomic E-state index is -0.516. The third-order valence-corrected chi connectivity index (χ3v) is 4.29. The van der Waals surface area contributed by atoms with Crippen molar-refractivity contribution in [1.29, 1.82) is 0 Å². The minimum absolute atomic E-state index is 0.122. The average Bonchev–Trinajstić information content (AvgIpc) is 3.37. The van der Waals surface area contributed by atoms with E-state index in [1.54, 1.807) is 6.07 Å². The molecule has 2 amide bonds. The Bertz CT molecular complexity index is 807. The zero-order chi connectivity index (χ0) is 17.9. The molecule has 4 rings (SSSR count). The fourth-order valence-electron chi connectivity index (χ4n) is 2.99. The number of hydrazine groups is 2. The van der Waals surface area contributed by atoms with Crippen LogP contribution in [0.4, 0.5) is 0 Å². The van der Waals surface area contributed by atoms with E-state index in [-0.39, 0.29) is 17.7 Å². The summed E-state index contributed by atoms with van der Waals surface area (Å²) in [4.78, 5) is 24.4. The summed E-state index contributed by atoms with van der Waals surface area (Å²) in [5, 5.41) is 0. The van der Waals surface area contributed by atoms with Gasteiger partial charge in [-0.05, 0) is 29.8 Å². The number of hydrogen-bond donors (Lipinski definition) is 4. The zero-order valence-electron chi connectivity index (χ0n) is 13.8. The van der Waals surface area contributed by atoms with Gasteiger partial charge in [0.25, 0.3) is 0 Å². The molecule has 0 spiro atoms. The molecule has 9 heteroatoms. The van der Waals surface area contributed by atoms with Gasteiger partial charge in [-0.15, -0.1) is 0 Å². The molecule has 2 unspecified atom stereocenters. The van der Waals surface area contributed by atoms with Crippen molar-refractivity contribution in [2.45, 2.75) is 6.04 Å². The van der Waals surface area contributed by atoms with Gasteiger partial charge in [0.2, 0.25) is 5.91 Å². The maximum absolute atomic E-state index is 12.5. The van der Waals surface area contributed by atoms with Crippen LogP contribution in [0.1, 0.15) is 22.2 Å². The Morgan fingerprint density at radius 1 is 1.08 bits per heavy atom. The highest BCUT2D eigenvalue weighted by molar-refractivity contribution is 5.93. The molecule has 1 saturated heterocycles. The minimum Gasteiger partial charge on any atom is -0.486 e. The Balaban J connectivity index is 1.43. The lowest BCUT2D eigenvalue weighted by molar-refractivity contribution is -0.125. The smallest absolute Gasteiger partial charge is 0.305 e. The summed E-state index contributed by atoms with van der Waals surface area (Å²) in [5.74, 6) is 0.219. The van der Waals surface area contributed by atoms with Crippen LogP contribution in [0.5, 0.6) is 11.5 Å². The van der Waals surface area contributed by atoms with E-state index in [0.29, 0.717) is 31.3 Å². The highest BCUT2D eigenvalue weighted by Crippen LogP contribution is 2.35. The predicted molar refractivity (Wildman–Crippen MR) is 89.1 cm³/mol. The molecule has 4 N–H and O–H groups in total. The molecule has 1 aromatic heterocycles. The van der Waals surface area contributed by atoms with Gasteiger partial charge in [0.15, 0.2) is 17.3 Å². The maximum atomic E-state index is 12.5. The molecule has 9 nitrogen and oxygen atoms in total. The molecule has 0 radical (unpaired) electrons. The lowest BCUT2D eigenvalue weighted by Gasteiger charge is -2.22. The normalized spacial score (nSPS) is 21.2. The molecule has 3 heterocycles. The first kappa shape index (κ1) is 16.4. The van der Waals surface area contributed by atoms with Crippen molar-refractivity contribution in [2.75, 3.05) is 19.8 Å². The van der Waals surface area contributed by atoms with Gasteiger partial charge in [-0.2, -0.15) is 0 Å². The summed E-state index contributed by atoms with van der Waals surface area (Å²) < 4.78 is 16.1. The van der Waals surface area contributed by atoms with E-state index in [4.69, 9.17) is 13.9 Å². The molecule has 136 valence electrons. The Kier molecular flexibility index (Phi) is 4.46. The van der Waals surface area contributed by atoms with Crippen LogP contribution in [-0.2, 0) is 4.79 Å². The van der Waals surface area contributed by atoms with Gasteiger partial charge < -0.3 is 13.9 Å². The number of carbonyl (C=O) groups is 2. The fourth-order valence-corrected chi connectivity index (χ4v) is 2.99. The molecule has 1 aromatic carbocycles. The second-order valence-electron chi connectivity index (χ2n) is 5.93. The van der Waals surface area contributed by atoms with Gasteiger partial charge in [0.05, 0.1) is 18.2 Å². The third kappa shape index (κ3) is 3.22. The number of rotatable bonds is 3. The zero-order valence-corrected chi connectivity index (χ0v) is 13.8. The van der Waals surface area contributed by atoms with Crippen molar-refractivity contribution in [2.24, 2.45) is 5.92 Å². The number of benzene rings is 1. The van der Waals surface area contributed by atoms with Gasteiger partial charge in [-0.25, -0.2) is 5.43 Å². The molecule has 0 saturated carbocycles. The van der Waals surface area contributed by atoms with Crippen LogP contribution in [0.2, 0.25) is 0 Å². The van der Waals surface area contributed by atoms with Crippen LogP contribution in [-0.4, -0.2) is 31.6 Å². The van der Waals surface area contributed by atoms with Crippen molar-refractivity contribution < 1.29 is 23.5 Å². The van der Waals surface area contributed by atoms with Crippen LogP contribution >= 0.6 is 0 Å². The van der Waals surface area contributed by atoms with Gasteiger partial charge in [0, 0.05) is 6.54 Å². The standard InChI is InChI=1S/C17H18N4O5/c22-16(20-21-17(23)13-2-1-5-24-13)11-9-18-19-15(11)10-3-4-12-14(8-10)26-7-6-25-12/h1-5,8,11,15,18-19H,6-7,9H2,(H,20,22)(H,21,23). The Morgan fingerprint density at radius 3 is 2.73 bits per heavy atom. The van der Waals surface area contributed by atoms with E-state index < -0.39 is 11.8 Å². The first-order chi connectivity index (χ1) is 12.7. The van der Waals surface area contributed by atoms with E-state index in [1.807, 2.05) is 18.2 Å². The van der Waals surface area contributed by atoms with Crippen LogP contribution < -0.4 is 31.2 Å². The summed E-state index contributed by atoms with van der Waals surface area (Å²) in [6, 6.07) is 8.42. The number of amides is 2. The Morgan fingerprint density at radius 2 is 1.92 bits per heavy atom. The average molecular weight is 358 g/mol. The van der Waals surface area contributed by atoms with Crippen LogP contribution in [0.15, 0.2) is 41.0 Å². The number of hydrogen-bond acceptors (Lipinski definition) is 7. The van der Waals surface area contributed by atoms with E-state index in [0.717, 1.165) is 5.56 Å². The lowest BCUT2D eigenvalue weighted by Crippen LogP contribution is -2.46. The quantitative estimate of drug-likeness (QED) is 0.583. The highest BCUT2D eigenvalue weighted by atomic mass is 16.6. The third-order valence-electron chi connectivity index (χ3n) is 4.29. The maximum Gasteiger partial charge on any atom is 0.305 e. The summed E-state index contributed by atoms with van der Waals surface area (Å²) in [6.07, 6.45) is 1.39. The first-order valence-corrected chi connectivity index (χ1v) is 8.24. The van der Waals surface area contributed by atoms with Gasteiger partial charge in [-0.3, -0.25) is 25.9 Å². The number of furan rings is 1. The molecule has 2 atom stereocenters. The Hall–Kier alpha value is -3.04. The molecule has 2 aliphatic rings. The molecule has 2 aromatic rings. The number of carbonyl (C=O) groups excluding carboxylic acids is 2. The van der Waals surface area contributed by atoms with Crippen molar-refractivity contribution in [1.82, 2.24) is 21.7 Å². The van der Waals surface area contributed by atoms with E-state index in [1.165, 1.54) is 12.3 Å². The molecule has 0 bridgehead atoms. The largest absolute Gasteiger partial charge is 0.486 e. The van der Waals surface area contributed by atoms with Crippen molar-refractivity contribution in [3.63, 3.8) is 0 Å². The lowest BCUT2D eigenvalue weighted by atomic mass is 9.94. The summed E-state index contributed by atoms with van der Waals surface area (Å²) in [5.41, 5.74) is 11.7. The van der Waals surface area contributed by atoms with Gasteiger partial charge in [-0.1, -0.05) is 6.07 Å². The topological polar surface area (TPSA) is 114 Å². The van der Waals surface area contributed by atoms with Crippen molar-refractivity contribution in [3.8, 4) is 11.5 Å². The van der Waals surface area contributed by atoms with Gasteiger partial charge >= 0.3 is 5.91 Å². The molecule has 0 aliphatic carbocycles. The molecule has 1 fully saturated rings. The monoisotopic (exact) mass is 358 g/mol. The van der Waals surface area contributed by atoms with Crippen molar-refractivity contribution >= 4 is 11.8 Å². The summed E-state index contributed by atoms with van der Waals surface area (Å²) >= 11 is 0. The second-order valence-corrected chi connectivity index (χ2v) is 5.93. The highest BCUT2D eigenvalue weighted by Gasteiger charge is 2.35. The van der Waals surface area contributed by atoms with E-state index >= 15 is 0 Å². The van der Waals surface area contributed by atoms with E-state index in [9.17, 15) is 9.59 Å². The Labute approximate surface area is 149 Å². The summed E-state index contributed by atoms with van der Waals surface area (Å²) in [6.45, 7) is 1.44. The van der Waals surface area contributed by atoms with Gasteiger partial charge in [0.1, 0.15) is 13.2 Å².